The molecule has 0 radical (unpaired) electrons. The lowest BCUT2D eigenvalue weighted by molar-refractivity contribution is 0.0599. The lowest BCUT2D eigenvalue weighted by Crippen LogP contribution is -2.40. The van der Waals surface area contributed by atoms with Crippen molar-refractivity contribution in [2.24, 2.45) is 0 Å². The number of halogens is 1. The number of urea groups is 1. The van der Waals surface area contributed by atoms with Crippen LogP contribution in [0.1, 0.15) is 12.5 Å². The Kier molecular flexibility index (Phi) is 5.18. The van der Waals surface area contributed by atoms with Gasteiger partial charge in [0.1, 0.15) is 17.2 Å². The number of benzene rings is 2. The highest BCUT2D eigenvalue weighted by Crippen LogP contribution is 2.25. The molecule has 0 saturated heterocycles. The molecule has 0 saturated carbocycles. The van der Waals surface area contributed by atoms with E-state index >= 15 is 0 Å². The summed E-state index contributed by atoms with van der Waals surface area (Å²) in [7, 11) is 1.43. The van der Waals surface area contributed by atoms with E-state index in [1.807, 2.05) is 18.2 Å². The number of amides is 2. The fourth-order valence-electron chi connectivity index (χ4n) is 2.10. The third kappa shape index (κ3) is 4.43. The first-order valence-electron chi connectivity index (χ1n) is 7.08. The van der Waals surface area contributed by atoms with Gasteiger partial charge in [-0.2, -0.15) is 0 Å². The van der Waals surface area contributed by atoms with Crippen molar-refractivity contribution in [1.82, 2.24) is 5.32 Å². The number of aliphatic hydroxyl groups is 1. The number of rotatable bonds is 5. The standard InChI is InChI=1S/C17H19FN2O3/c1-17(22,12-6-4-3-5-7-12)11-19-16(21)20-14-10-13(18)8-9-15(14)23-2/h3-10,22H,11H2,1-2H3,(H2,19,20,21). The van der Waals surface area contributed by atoms with Gasteiger partial charge in [0.25, 0.3) is 0 Å². The topological polar surface area (TPSA) is 70.6 Å². The third-order valence-corrected chi connectivity index (χ3v) is 3.40. The summed E-state index contributed by atoms with van der Waals surface area (Å²) in [5.41, 5.74) is -0.321. The van der Waals surface area contributed by atoms with Crippen molar-refractivity contribution in [3.63, 3.8) is 0 Å². The molecule has 2 amide bonds. The maximum absolute atomic E-state index is 13.3. The van der Waals surface area contributed by atoms with E-state index in [9.17, 15) is 14.3 Å². The van der Waals surface area contributed by atoms with Crippen LogP contribution in [0.5, 0.6) is 5.75 Å². The molecule has 1 atom stereocenters. The molecule has 0 heterocycles. The second-order valence-corrected chi connectivity index (χ2v) is 5.29. The van der Waals surface area contributed by atoms with Crippen molar-refractivity contribution < 1.29 is 19.0 Å². The molecule has 2 aromatic carbocycles. The average Bonchev–Trinajstić information content (AvgIpc) is 2.54. The van der Waals surface area contributed by atoms with Crippen LogP contribution in [-0.4, -0.2) is 24.8 Å². The highest BCUT2D eigenvalue weighted by Gasteiger charge is 2.23. The molecule has 2 aromatic rings. The number of carbonyl (C=O) groups is 1. The molecule has 0 aliphatic rings. The van der Waals surface area contributed by atoms with Crippen LogP contribution >= 0.6 is 0 Å². The van der Waals surface area contributed by atoms with Gasteiger partial charge in [0.05, 0.1) is 19.3 Å². The number of anilines is 1. The van der Waals surface area contributed by atoms with Crippen molar-refractivity contribution in [3.05, 3.63) is 59.9 Å². The van der Waals surface area contributed by atoms with Crippen LogP contribution in [0.4, 0.5) is 14.9 Å². The first-order chi connectivity index (χ1) is 10.9. The number of methoxy groups -OCH3 is 1. The quantitative estimate of drug-likeness (QED) is 0.794. The smallest absolute Gasteiger partial charge is 0.319 e. The molecule has 0 spiro atoms. The van der Waals surface area contributed by atoms with Crippen LogP contribution in [0, 0.1) is 5.82 Å². The summed E-state index contributed by atoms with van der Waals surface area (Å²) >= 11 is 0. The van der Waals surface area contributed by atoms with Crippen molar-refractivity contribution in [3.8, 4) is 5.75 Å². The summed E-state index contributed by atoms with van der Waals surface area (Å²) in [6, 6.07) is 12.3. The van der Waals surface area contributed by atoms with Gasteiger partial charge < -0.3 is 20.5 Å². The fraction of sp³-hybridized carbons (Fsp3) is 0.235. The molecule has 23 heavy (non-hydrogen) atoms. The van der Waals surface area contributed by atoms with Crippen LogP contribution in [0.15, 0.2) is 48.5 Å². The molecule has 0 aliphatic carbocycles. The summed E-state index contributed by atoms with van der Waals surface area (Å²) < 4.78 is 18.3. The van der Waals surface area contributed by atoms with E-state index in [2.05, 4.69) is 10.6 Å². The van der Waals surface area contributed by atoms with Crippen molar-refractivity contribution in [2.75, 3.05) is 19.0 Å². The van der Waals surface area contributed by atoms with Crippen LogP contribution in [0.3, 0.4) is 0 Å². The minimum absolute atomic E-state index is 0.000474. The molecule has 1 unspecified atom stereocenters. The fourth-order valence-corrected chi connectivity index (χ4v) is 2.10. The predicted molar refractivity (Wildman–Crippen MR) is 86.0 cm³/mol. The van der Waals surface area contributed by atoms with Crippen LogP contribution in [0.2, 0.25) is 0 Å². The number of hydrogen-bond donors (Lipinski definition) is 3. The van der Waals surface area contributed by atoms with E-state index in [-0.39, 0.29) is 12.2 Å². The predicted octanol–water partition coefficient (Wildman–Crippen LogP) is 2.86. The van der Waals surface area contributed by atoms with Gasteiger partial charge in [-0.1, -0.05) is 30.3 Å². The molecule has 0 bridgehead atoms. The summed E-state index contributed by atoms with van der Waals surface area (Å²) in [4.78, 5) is 12.0. The van der Waals surface area contributed by atoms with Gasteiger partial charge in [-0.3, -0.25) is 0 Å². The van der Waals surface area contributed by atoms with Crippen molar-refractivity contribution in [1.29, 1.82) is 0 Å². The second-order valence-electron chi connectivity index (χ2n) is 5.29. The number of ether oxygens (including phenoxy) is 1. The molecule has 3 N–H and O–H groups in total. The molecular weight excluding hydrogens is 299 g/mol. The number of hydrogen-bond acceptors (Lipinski definition) is 3. The van der Waals surface area contributed by atoms with Crippen molar-refractivity contribution in [2.45, 2.75) is 12.5 Å². The van der Waals surface area contributed by atoms with E-state index in [1.54, 1.807) is 19.1 Å². The average molecular weight is 318 g/mol. The molecule has 0 aromatic heterocycles. The van der Waals surface area contributed by atoms with Crippen LogP contribution < -0.4 is 15.4 Å². The Morgan fingerprint density at radius 2 is 1.96 bits per heavy atom. The zero-order chi connectivity index (χ0) is 16.9. The summed E-state index contributed by atoms with van der Waals surface area (Å²) in [5.74, 6) is -0.145. The summed E-state index contributed by atoms with van der Waals surface area (Å²) in [6.45, 7) is 1.60. The molecule has 2 rings (SSSR count). The zero-order valence-electron chi connectivity index (χ0n) is 13.0. The SMILES string of the molecule is COc1ccc(F)cc1NC(=O)NCC(C)(O)c1ccccc1. The van der Waals surface area contributed by atoms with Crippen molar-refractivity contribution >= 4 is 11.7 Å². The van der Waals surface area contributed by atoms with Gasteiger partial charge >= 0.3 is 6.03 Å². The molecule has 122 valence electrons. The van der Waals surface area contributed by atoms with E-state index in [0.29, 0.717) is 11.3 Å². The third-order valence-electron chi connectivity index (χ3n) is 3.40. The molecule has 6 heteroatoms. The Bertz CT molecular complexity index is 675. The van der Waals surface area contributed by atoms with Gasteiger partial charge in [-0.25, -0.2) is 9.18 Å². The van der Waals surface area contributed by atoms with Gasteiger partial charge in [-0.15, -0.1) is 0 Å². The van der Waals surface area contributed by atoms with Gasteiger partial charge in [0.2, 0.25) is 0 Å². The first kappa shape index (κ1) is 16.8. The van der Waals surface area contributed by atoms with E-state index in [0.717, 1.165) is 6.07 Å². The summed E-state index contributed by atoms with van der Waals surface area (Å²) in [6.07, 6.45) is 0. The lowest BCUT2D eigenvalue weighted by atomic mass is 9.96. The normalized spacial score (nSPS) is 13.0. The Balaban J connectivity index is 1.99. The first-order valence-corrected chi connectivity index (χ1v) is 7.08. The molecule has 0 aliphatic heterocycles. The Morgan fingerprint density at radius 3 is 2.61 bits per heavy atom. The Morgan fingerprint density at radius 1 is 1.26 bits per heavy atom. The van der Waals surface area contributed by atoms with Gasteiger partial charge in [-0.05, 0) is 24.6 Å². The van der Waals surface area contributed by atoms with E-state index in [4.69, 9.17) is 4.74 Å². The van der Waals surface area contributed by atoms with Crippen LogP contribution in [0.25, 0.3) is 0 Å². The summed E-state index contributed by atoms with van der Waals surface area (Å²) in [5, 5.41) is 15.5. The number of carbonyl (C=O) groups excluding carboxylic acids is 1. The minimum Gasteiger partial charge on any atom is -0.495 e. The number of nitrogens with one attached hydrogen (secondary N) is 2. The van der Waals surface area contributed by atoms with E-state index < -0.39 is 17.4 Å². The maximum Gasteiger partial charge on any atom is 0.319 e. The maximum atomic E-state index is 13.3. The Hall–Kier alpha value is -2.60. The lowest BCUT2D eigenvalue weighted by Gasteiger charge is -2.24. The Labute approximate surface area is 134 Å². The van der Waals surface area contributed by atoms with Gasteiger partial charge in [0, 0.05) is 6.07 Å². The molecule has 0 fully saturated rings. The van der Waals surface area contributed by atoms with E-state index in [1.165, 1.54) is 19.2 Å². The highest BCUT2D eigenvalue weighted by atomic mass is 19.1. The zero-order valence-corrected chi connectivity index (χ0v) is 13.0. The highest BCUT2D eigenvalue weighted by molar-refractivity contribution is 5.90. The second kappa shape index (κ2) is 7.11. The van der Waals surface area contributed by atoms with Crippen LogP contribution in [-0.2, 0) is 5.60 Å². The molecular formula is C17H19FN2O3. The minimum atomic E-state index is -1.22. The van der Waals surface area contributed by atoms with Gasteiger partial charge in [0.15, 0.2) is 0 Å². The monoisotopic (exact) mass is 318 g/mol. The largest absolute Gasteiger partial charge is 0.495 e. The molecule has 5 nitrogen and oxygen atoms in total.